The van der Waals surface area contributed by atoms with Crippen LogP contribution in [0.15, 0.2) is 35.5 Å². The molecular weight excluding hydrogens is 280 g/mol. The van der Waals surface area contributed by atoms with Gasteiger partial charge in [-0.05, 0) is 85.7 Å². The molecule has 1 nitrogen and oxygen atoms in total. The Balaban J connectivity index is 1.82. The third-order valence-corrected chi connectivity index (χ3v) is 7.08. The molecule has 3 saturated carbocycles. The Morgan fingerprint density at radius 2 is 1.91 bits per heavy atom. The normalized spacial score (nSPS) is 41.8. The Bertz CT molecular complexity index is 524. The Morgan fingerprint density at radius 1 is 1.13 bits per heavy atom. The minimum Gasteiger partial charge on any atom is -0.388 e. The number of rotatable bonds is 2. The minimum absolute atomic E-state index is 0.318. The molecule has 0 bridgehead atoms. The van der Waals surface area contributed by atoms with Gasteiger partial charge in [-0.3, -0.25) is 0 Å². The van der Waals surface area contributed by atoms with Gasteiger partial charge in [0.15, 0.2) is 0 Å². The summed E-state index contributed by atoms with van der Waals surface area (Å²) >= 11 is 0. The molecule has 3 aliphatic carbocycles. The second-order valence-corrected chi connectivity index (χ2v) is 8.71. The van der Waals surface area contributed by atoms with Crippen LogP contribution in [0.1, 0.15) is 72.1 Å². The van der Waals surface area contributed by atoms with Crippen LogP contribution in [0.3, 0.4) is 0 Å². The van der Waals surface area contributed by atoms with Crippen molar-refractivity contribution in [2.45, 2.75) is 78.2 Å². The van der Waals surface area contributed by atoms with E-state index in [0.29, 0.717) is 5.41 Å². The van der Waals surface area contributed by atoms with E-state index in [9.17, 15) is 5.11 Å². The SMILES string of the molecule is C=C1/C(=C\C=C2/CCCC3(C)C2CCC3C(C)C)CCC[C@@H]1O. The molecule has 0 saturated heterocycles. The molecule has 0 aromatic carbocycles. The number of fused-ring (bicyclic) bond motifs is 1. The summed E-state index contributed by atoms with van der Waals surface area (Å²) in [4.78, 5) is 0. The highest BCUT2D eigenvalue weighted by Crippen LogP contribution is 2.59. The van der Waals surface area contributed by atoms with Crippen molar-refractivity contribution in [1.82, 2.24) is 0 Å². The van der Waals surface area contributed by atoms with Crippen molar-refractivity contribution in [1.29, 1.82) is 0 Å². The second-order valence-electron chi connectivity index (χ2n) is 8.71. The summed E-state index contributed by atoms with van der Waals surface area (Å²) in [6.45, 7) is 11.5. The van der Waals surface area contributed by atoms with Gasteiger partial charge < -0.3 is 5.11 Å². The molecule has 0 aliphatic heterocycles. The number of hydrogen-bond donors (Lipinski definition) is 1. The summed E-state index contributed by atoms with van der Waals surface area (Å²) < 4.78 is 0. The van der Waals surface area contributed by atoms with Gasteiger partial charge in [-0.1, -0.05) is 45.1 Å². The first-order valence-electron chi connectivity index (χ1n) is 9.70. The van der Waals surface area contributed by atoms with E-state index < -0.39 is 0 Å². The molecule has 4 atom stereocenters. The van der Waals surface area contributed by atoms with Crippen molar-refractivity contribution >= 4 is 0 Å². The summed E-state index contributed by atoms with van der Waals surface area (Å²) in [5.41, 5.74) is 4.42. The fraction of sp³-hybridized carbons (Fsp3) is 0.727. The zero-order chi connectivity index (χ0) is 16.6. The molecule has 3 aliphatic rings. The van der Waals surface area contributed by atoms with Gasteiger partial charge in [-0.15, -0.1) is 0 Å². The average molecular weight is 315 g/mol. The van der Waals surface area contributed by atoms with Crippen LogP contribution >= 0.6 is 0 Å². The standard InChI is InChI=1S/C22H34O/c1-15(2)19-12-13-20-18(8-6-14-22(19,20)4)11-10-17-7-5-9-21(23)16(17)3/h10-11,15,19-21,23H,3,5-9,12-14H2,1-2,4H3/b17-10-,18-11+/t19?,20?,21-,22?/m0/s1. The van der Waals surface area contributed by atoms with E-state index in [1.807, 2.05) is 0 Å². The number of aliphatic hydroxyl groups is 1. The van der Waals surface area contributed by atoms with Crippen molar-refractivity contribution < 1.29 is 5.11 Å². The quantitative estimate of drug-likeness (QED) is 0.681. The van der Waals surface area contributed by atoms with Crippen LogP contribution in [0.4, 0.5) is 0 Å². The highest BCUT2D eigenvalue weighted by atomic mass is 16.3. The highest BCUT2D eigenvalue weighted by molar-refractivity contribution is 5.37. The number of aliphatic hydroxyl groups excluding tert-OH is 1. The van der Waals surface area contributed by atoms with Crippen LogP contribution in [0.25, 0.3) is 0 Å². The predicted molar refractivity (Wildman–Crippen MR) is 98.2 cm³/mol. The van der Waals surface area contributed by atoms with Gasteiger partial charge >= 0.3 is 0 Å². The fourth-order valence-corrected chi connectivity index (χ4v) is 5.81. The van der Waals surface area contributed by atoms with Crippen LogP contribution < -0.4 is 0 Å². The number of hydrogen-bond acceptors (Lipinski definition) is 1. The molecule has 1 heteroatoms. The Kier molecular flexibility index (Phi) is 4.88. The first kappa shape index (κ1) is 17.0. The van der Waals surface area contributed by atoms with E-state index in [0.717, 1.165) is 42.6 Å². The maximum atomic E-state index is 10.0. The van der Waals surface area contributed by atoms with Crippen molar-refractivity contribution in [3.8, 4) is 0 Å². The van der Waals surface area contributed by atoms with Crippen LogP contribution in [0.5, 0.6) is 0 Å². The molecule has 23 heavy (non-hydrogen) atoms. The largest absolute Gasteiger partial charge is 0.388 e. The molecule has 0 aromatic heterocycles. The van der Waals surface area contributed by atoms with E-state index >= 15 is 0 Å². The molecule has 3 unspecified atom stereocenters. The van der Waals surface area contributed by atoms with E-state index in [-0.39, 0.29) is 6.10 Å². The smallest absolute Gasteiger partial charge is 0.0787 e. The van der Waals surface area contributed by atoms with Gasteiger partial charge in [-0.2, -0.15) is 0 Å². The summed E-state index contributed by atoms with van der Waals surface area (Å²) in [7, 11) is 0. The number of allylic oxidation sites excluding steroid dienone is 3. The van der Waals surface area contributed by atoms with E-state index in [1.165, 1.54) is 37.7 Å². The lowest BCUT2D eigenvalue weighted by Gasteiger charge is -2.43. The van der Waals surface area contributed by atoms with Crippen LogP contribution in [0.2, 0.25) is 0 Å². The monoisotopic (exact) mass is 314 g/mol. The highest BCUT2D eigenvalue weighted by Gasteiger charge is 2.49. The lowest BCUT2D eigenvalue weighted by Crippen LogP contribution is -2.35. The zero-order valence-electron chi connectivity index (χ0n) is 15.3. The summed E-state index contributed by atoms with van der Waals surface area (Å²) in [6.07, 6.45) is 14.2. The first-order valence-corrected chi connectivity index (χ1v) is 9.70. The molecule has 0 radical (unpaired) electrons. The van der Waals surface area contributed by atoms with E-state index in [1.54, 1.807) is 5.57 Å². The summed E-state index contributed by atoms with van der Waals surface area (Å²) in [6, 6.07) is 0. The van der Waals surface area contributed by atoms with Gasteiger partial charge in [0.25, 0.3) is 0 Å². The molecule has 128 valence electrons. The first-order chi connectivity index (χ1) is 10.9. The molecule has 0 aromatic rings. The Morgan fingerprint density at radius 3 is 2.65 bits per heavy atom. The molecule has 3 rings (SSSR count). The Hall–Kier alpha value is -0.820. The summed E-state index contributed by atoms with van der Waals surface area (Å²) in [5, 5.41) is 10.0. The van der Waals surface area contributed by atoms with Gasteiger partial charge in [0, 0.05) is 0 Å². The zero-order valence-corrected chi connectivity index (χ0v) is 15.3. The van der Waals surface area contributed by atoms with Crippen molar-refractivity contribution in [3.05, 3.63) is 35.5 Å². The maximum Gasteiger partial charge on any atom is 0.0787 e. The van der Waals surface area contributed by atoms with Crippen LogP contribution in [-0.4, -0.2) is 11.2 Å². The molecule has 1 N–H and O–H groups in total. The van der Waals surface area contributed by atoms with Gasteiger partial charge in [0.05, 0.1) is 6.10 Å². The van der Waals surface area contributed by atoms with Crippen molar-refractivity contribution in [3.63, 3.8) is 0 Å². The molecular formula is C22H34O. The van der Waals surface area contributed by atoms with Gasteiger partial charge in [0.1, 0.15) is 0 Å². The predicted octanol–water partition coefficient (Wildman–Crippen LogP) is 5.81. The van der Waals surface area contributed by atoms with Crippen LogP contribution in [0, 0.1) is 23.2 Å². The molecule has 0 amide bonds. The van der Waals surface area contributed by atoms with E-state index in [4.69, 9.17) is 0 Å². The van der Waals surface area contributed by atoms with Gasteiger partial charge in [-0.25, -0.2) is 0 Å². The van der Waals surface area contributed by atoms with E-state index in [2.05, 4.69) is 39.5 Å². The minimum atomic E-state index is -0.318. The third-order valence-electron chi connectivity index (χ3n) is 7.08. The lowest BCUT2D eigenvalue weighted by atomic mass is 9.61. The fourth-order valence-electron chi connectivity index (χ4n) is 5.81. The van der Waals surface area contributed by atoms with Crippen LogP contribution in [-0.2, 0) is 0 Å². The molecule has 0 spiro atoms. The second kappa shape index (κ2) is 6.59. The Labute approximate surface area is 142 Å². The molecule has 3 fully saturated rings. The topological polar surface area (TPSA) is 20.2 Å². The van der Waals surface area contributed by atoms with Gasteiger partial charge in [0.2, 0.25) is 0 Å². The average Bonchev–Trinajstić information content (AvgIpc) is 2.86. The van der Waals surface area contributed by atoms with Crippen molar-refractivity contribution in [2.75, 3.05) is 0 Å². The third kappa shape index (κ3) is 3.09. The lowest BCUT2D eigenvalue weighted by molar-refractivity contribution is 0.104. The maximum absolute atomic E-state index is 10.0. The van der Waals surface area contributed by atoms with Crippen molar-refractivity contribution in [2.24, 2.45) is 23.2 Å². The summed E-state index contributed by atoms with van der Waals surface area (Å²) in [5.74, 6) is 2.47. The molecule has 0 heterocycles.